The number of hydrogen-bond donors (Lipinski definition) is 1. The van der Waals surface area contributed by atoms with E-state index in [1.165, 1.54) is 0 Å². The quantitative estimate of drug-likeness (QED) is 0.541. The van der Waals surface area contributed by atoms with Gasteiger partial charge in [-0.3, -0.25) is 9.69 Å². The van der Waals surface area contributed by atoms with Crippen LogP contribution in [0.2, 0.25) is 0 Å². The molecule has 0 spiro atoms. The van der Waals surface area contributed by atoms with Gasteiger partial charge in [0.2, 0.25) is 15.9 Å². The second-order valence-electron chi connectivity index (χ2n) is 12.5. The maximum absolute atomic E-state index is 13.3. The van der Waals surface area contributed by atoms with Gasteiger partial charge in [-0.2, -0.15) is 5.26 Å². The average Bonchev–Trinajstić information content (AvgIpc) is 3.50. The molecular weight excluding hydrogens is 516 g/mol. The number of ether oxygens (including phenoxy) is 1. The summed E-state index contributed by atoms with van der Waals surface area (Å²) in [7, 11) is -3.22. The maximum Gasteiger partial charge on any atom is 0.411 e. The summed E-state index contributed by atoms with van der Waals surface area (Å²) in [6.07, 6.45) is 4.00. The van der Waals surface area contributed by atoms with Crippen molar-refractivity contribution in [3.63, 3.8) is 0 Å². The van der Waals surface area contributed by atoms with Crippen LogP contribution in [0.3, 0.4) is 0 Å². The molecule has 39 heavy (non-hydrogen) atoms. The molecule has 3 aliphatic rings. The molecule has 10 heteroatoms. The van der Waals surface area contributed by atoms with Gasteiger partial charge in [0, 0.05) is 25.6 Å². The molecule has 1 N–H and O–H groups in total. The van der Waals surface area contributed by atoms with Gasteiger partial charge in [-0.15, -0.1) is 0 Å². The normalized spacial score (nSPS) is 24.9. The Balaban J connectivity index is 1.34. The Kier molecular flexibility index (Phi) is 8.62. The van der Waals surface area contributed by atoms with E-state index in [9.17, 15) is 23.3 Å². The SMILES string of the molecule is CC(C)S(=O)(=O)N1CCC(c2ccc(CC(C#N)NC(=O)C3C4CCC(C4)N3C(=O)OC(C)(C)C)cc2)CC1. The third-order valence-electron chi connectivity index (χ3n) is 8.23. The number of benzene rings is 1. The second-order valence-corrected chi connectivity index (χ2v) is 15.0. The summed E-state index contributed by atoms with van der Waals surface area (Å²) in [6, 6.07) is 8.94. The molecule has 2 amide bonds. The topological polar surface area (TPSA) is 120 Å². The minimum absolute atomic E-state index is 0.00558. The smallest absolute Gasteiger partial charge is 0.411 e. The number of amides is 2. The van der Waals surface area contributed by atoms with Crippen LogP contribution in [0.15, 0.2) is 24.3 Å². The van der Waals surface area contributed by atoms with Crippen molar-refractivity contribution in [1.29, 1.82) is 5.26 Å². The van der Waals surface area contributed by atoms with Crippen molar-refractivity contribution in [1.82, 2.24) is 14.5 Å². The molecule has 1 aliphatic carbocycles. The van der Waals surface area contributed by atoms with Crippen LogP contribution in [0, 0.1) is 17.2 Å². The third-order valence-corrected chi connectivity index (χ3v) is 10.5. The van der Waals surface area contributed by atoms with Gasteiger partial charge in [0.15, 0.2) is 0 Å². The number of nitrogens with zero attached hydrogens (tertiary/aromatic N) is 3. The number of hydrogen-bond acceptors (Lipinski definition) is 6. The van der Waals surface area contributed by atoms with Crippen molar-refractivity contribution in [3.8, 4) is 6.07 Å². The fraction of sp³-hybridized carbons (Fsp3) is 0.690. The Morgan fingerprint density at radius 1 is 1.10 bits per heavy atom. The van der Waals surface area contributed by atoms with Crippen LogP contribution in [-0.2, 0) is 26.0 Å². The molecule has 2 aliphatic heterocycles. The van der Waals surface area contributed by atoms with Crippen molar-refractivity contribution < 1.29 is 22.7 Å². The molecule has 0 aromatic heterocycles. The first-order valence-electron chi connectivity index (χ1n) is 14.1. The summed E-state index contributed by atoms with van der Waals surface area (Å²) in [4.78, 5) is 27.8. The molecule has 9 nitrogen and oxygen atoms in total. The van der Waals surface area contributed by atoms with E-state index in [1.54, 1.807) is 23.1 Å². The Bertz CT molecular complexity index is 1190. The van der Waals surface area contributed by atoms with Crippen LogP contribution in [0.4, 0.5) is 4.79 Å². The van der Waals surface area contributed by atoms with Crippen LogP contribution in [0.1, 0.15) is 83.8 Å². The average molecular weight is 559 g/mol. The van der Waals surface area contributed by atoms with E-state index in [0.717, 1.165) is 43.2 Å². The third kappa shape index (κ3) is 6.58. The van der Waals surface area contributed by atoms with E-state index in [4.69, 9.17) is 4.74 Å². The van der Waals surface area contributed by atoms with E-state index in [1.807, 2.05) is 45.0 Å². The molecule has 2 saturated heterocycles. The minimum Gasteiger partial charge on any atom is -0.444 e. The van der Waals surface area contributed by atoms with Gasteiger partial charge in [0.25, 0.3) is 0 Å². The van der Waals surface area contributed by atoms with E-state index in [0.29, 0.717) is 25.4 Å². The number of carbonyl (C=O) groups is 2. The Labute approximate surface area is 232 Å². The number of fused-ring (bicyclic) bond motifs is 2. The number of likely N-dealkylation sites (tertiary alicyclic amines) is 1. The summed E-state index contributed by atoms with van der Waals surface area (Å²) < 4.78 is 32.1. The number of carbonyl (C=O) groups excluding carboxylic acids is 2. The zero-order valence-electron chi connectivity index (χ0n) is 23.7. The molecule has 3 fully saturated rings. The van der Waals surface area contributed by atoms with Crippen LogP contribution in [0.5, 0.6) is 0 Å². The Morgan fingerprint density at radius 3 is 2.31 bits per heavy atom. The maximum atomic E-state index is 13.3. The lowest BCUT2D eigenvalue weighted by molar-refractivity contribution is -0.128. The molecule has 2 heterocycles. The van der Waals surface area contributed by atoms with Crippen molar-refractivity contribution >= 4 is 22.0 Å². The van der Waals surface area contributed by atoms with E-state index in [-0.39, 0.29) is 17.9 Å². The fourth-order valence-electron chi connectivity index (χ4n) is 6.19. The Morgan fingerprint density at radius 2 is 1.74 bits per heavy atom. The van der Waals surface area contributed by atoms with Crippen molar-refractivity contribution in [2.45, 2.75) is 108 Å². The summed E-state index contributed by atoms with van der Waals surface area (Å²) in [6.45, 7) is 9.91. The lowest BCUT2D eigenvalue weighted by atomic mass is 9.89. The molecule has 4 unspecified atom stereocenters. The molecule has 1 saturated carbocycles. The molecule has 214 valence electrons. The number of piperidine rings is 2. The summed E-state index contributed by atoms with van der Waals surface area (Å²) in [5.74, 6) is 0.0863. The molecule has 4 rings (SSSR count). The van der Waals surface area contributed by atoms with Gasteiger partial charge < -0.3 is 10.1 Å². The Hall–Kier alpha value is -2.64. The molecule has 1 aromatic rings. The van der Waals surface area contributed by atoms with Gasteiger partial charge in [0.05, 0.1) is 11.3 Å². The van der Waals surface area contributed by atoms with Gasteiger partial charge in [-0.25, -0.2) is 17.5 Å². The monoisotopic (exact) mass is 558 g/mol. The molecule has 1 aromatic carbocycles. The highest BCUT2D eigenvalue weighted by Gasteiger charge is 2.52. The predicted molar refractivity (Wildman–Crippen MR) is 148 cm³/mol. The molecule has 4 atom stereocenters. The molecular formula is C29H42N4O5S. The number of rotatable bonds is 7. The molecule has 2 bridgehead atoms. The number of sulfonamides is 1. The predicted octanol–water partition coefficient (Wildman–Crippen LogP) is 3.94. The minimum atomic E-state index is -3.22. The van der Waals surface area contributed by atoms with E-state index in [2.05, 4.69) is 11.4 Å². The second kappa shape index (κ2) is 11.5. The highest BCUT2D eigenvalue weighted by atomic mass is 32.2. The summed E-state index contributed by atoms with van der Waals surface area (Å²) in [5, 5.41) is 12.3. The lowest BCUT2D eigenvalue weighted by Crippen LogP contribution is -2.55. The highest BCUT2D eigenvalue weighted by molar-refractivity contribution is 7.89. The van der Waals surface area contributed by atoms with Crippen LogP contribution in [0.25, 0.3) is 0 Å². The largest absolute Gasteiger partial charge is 0.444 e. The van der Waals surface area contributed by atoms with Gasteiger partial charge >= 0.3 is 6.09 Å². The zero-order chi connectivity index (χ0) is 28.5. The first-order valence-corrected chi connectivity index (χ1v) is 15.6. The first kappa shape index (κ1) is 29.3. The van der Waals surface area contributed by atoms with Crippen molar-refractivity contribution in [2.24, 2.45) is 5.92 Å². The van der Waals surface area contributed by atoms with Crippen LogP contribution >= 0.6 is 0 Å². The zero-order valence-corrected chi connectivity index (χ0v) is 24.5. The summed E-state index contributed by atoms with van der Waals surface area (Å²) in [5.41, 5.74) is 1.44. The van der Waals surface area contributed by atoms with Gasteiger partial charge in [-0.1, -0.05) is 24.3 Å². The van der Waals surface area contributed by atoms with Crippen LogP contribution < -0.4 is 5.32 Å². The number of nitriles is 1. The van der Waals surface area contributed by atoms with E-state index < -0.39 is 39.1 Å². The first-order chi connectivity index (χ1) is 18.3. The van der Waals surface area contributed by atoms with Gasteiger partial charge in [0.1, 0.15) is 17.7 Å². The lowest BCUT2D eigenvalue weighted by Gasteiger charge is -2.35. The highest BCUT2D eigenvalue weighted by Crippen LogP contribution is 2.43. The van der Waals surface area contributed by atoms with E-state index >= 15 is 0 Å². The molecule has 0 radical (unpaired) electrons. The summed E-state index contributed by atoms with van der Waals surface area (Å²) >= 11 is 0. The van der Waals surface area contributed by atoms with Crippen LogP contribution in [-0.4, -0.2) is 71.7 Å². The van der Waals surface area contributed by atoms with Crippen molar-refractivity contribution in [2.75, 3.05) is 13.1 Å². The van der Waals surface area contributed by atoms with Crippen molar-refractivity contribution in [3.05, 3.63) is 35.4 Å². The van der Waals surface area contributed by atoms with Gasteiger partial charge in [-0.05, 0) is 89.7 Å². The fourth-order valence-corrected chi connectivity index (χ4v) is 7.51. The standard InChI is InChI=1S/C29H42N4O5S/c1-19(2)39(36,37)32-14-12-22(13-15-32)21-8-6-20(7-9-21)16-24(18-30)31-27(34)26-23-10-11-25(17-23)33(26)28(35)38-29(3,4)5/h6-9,19,22-26H,10-17H2,1-5H3,(H,31,34). The number of nitrogens with one attached hydrogen (secondary N) is 1.